The van der Waals surface area contributed by atoms with E-state index in [1.54, 1.807) is 24.3 Å². The van der Waals surface area contributed by atoms with Crippen LogP contribution in [-0.2, 0) is 4.74 Å². The van der Waals surface area contributed by atoms with Gasteiger partial charge in [0.25, 0.3) is 5.91 Å². The van der Waals surface area contributed by atoms with E-state index in [9.17, 15) is 4.79 Å². The second-order valence-electron chi connectivity index (χ2n) is 4.65. The Hall–Kier alpha value is -2.44. The average molecular weight is 327 g/mol. The van der Waals surface area contributed by atoms with E-state index in [4.69, 9.17) is 9.47 Å². The Labute approximate surface area is 137 Å². The summed E-state index contributed by atoms with van der Waals surface area (Å²) in [6, 6.07) is 15.4. The van der Waals surface area contributed by atoms with Crippen LogP contribution in [0.1, 0.15) is 17.3 Å². The smallest absolute Gasteiger partial charge is 0.257 e. The first kappa shape index (κ1) is 15.5. The van der Waals surface area contributed by atoms with Crippen molar-refractivity contribution in [2.75, 3.05) is 18.7 Å². The van der Waals surface area contributed by atoms with Crippen LogP contribution in [-0.4, -0.2) is 24.3 Å². The van der Waals surface area contributed by atoms with E-state index in [0.29, 0.717) is 23.1 Å². The van der Waals surface area contributed by atoms with E-state index in [1.807, 2.05) is 25.1 Å². The first-order valence-electron chi connectivity index (χ1n) is 7.15. The highest BCUT2D eigenvalue weighted by Crippen LogP contribution is 2.29. The number of nitrogens with zero attached hydrogens (tertiary/aromatic N) is 1. The van der Waals surface area contributed by atoms with Crippen molar-refractivity contribution in [1.29, 1.82) is 0 Å². The highest BCUT2D eigenvalue weighted by Gasteiger charge is 2.10. The fraction of sp³-hybridized carbons (Fsp3) is 0.176. The van der Waals surface area contributed by atoms with Gasteiger partial charge in [-0.1, -0.05) is 23.5 Å². The highest BCUT2D eigenvalue weighted by atomic mass is 32.1. The van der Waals surface area contributed by atoms with Gasteiger partial charge in [0.05, 0.1) is 10.2 Å². The van der Waals surface area contributed by atoms with Gasteiger partial charge in [0.15, 0.2) is 11.9 Å². The monoisotopic (exact) mass is 327 g/mol. The van der Waals surface area contributed by atoms with Gasteiger partial charge >= 0.3 is 0 Å². The van der Waals surface area contributed by atoms with Crippen molar-refractivity contribution in [1.82, 2.24) is 4.98 Å². The van der Waals surface area contributed by atoms with Crippen molar-refractivity contribution in [3.05, 3.63) is 54.1 Å². The molecule has 5 nitrogen and oxygen atoms in total. The molecule has 1 aromatic heterocycles. The summed E-state index contributed by atoms with van der Waals surface area (Å²) in [7, 11) is 0. The molecule has 0 saturated heterocycles. The number of amides is 1. The van der Waals surface area contributed by atoms with Crippen molar-refractivity contribution < 1.29 is 14.3 Å². The summed E-state index contributed by atoms with van der Waals surface area (Å²) in [5.74, 6) is 0.513. The topological polar surface area (TPSA) is 60.5 Å². The molecule has 0 aliphatic carbocycles. The fourth-order valence-corrected chi connectivity index (χ4v) is 2.83. The summed E-state index contributed by atoms with van der Waals surface area (Å²) < 4.78 is 11.6. The van der Waals surface area contributed by atoms with Crippen LogP contribution < -0.4 is 10.1 Å². The van der Waals surface area contributed by atoms with E-state index < -0.39 is 0 Å². The Morgan fingerprint density at radius 2 is 2.30 bits per heavy atom. The molecule has 1 radical (unpaired) electrons. The third kappa shape index (κ3) is 3.85. The van der Waals surface area contributed by atoms with Gasteiger partial charge in [0, 0.05) is 12.2 Å². The lowest BCUT2D eigenvalue weighted by Gasteiger charge is -2.04. The number of hydrogen-bond acceptors (Lipinski definition) is 5. The molecule has 3 aromatic rings. The average Bonchev–Trinajstić information content (AvgIpc) is 2.97. The molecule has 0 fully saturated rings. The third-order valence-electron chi connectivity index (χ3n) is 3.06. The highest BCUT2D eigenvalue weighted by molar-refractivity contribution is 7.22. The number of aromatic nitrogens is 1. The number of carbonyl (C=O) groups excluding carboxylic acids is 1. The largest absolute Gasteiger partial charge is 0.468 e. The molecule has 0 bridgehead atoms. The van der Waals surface area contributed by atoms with E-state index in [2.05, 4.69) is 16.4 Å². The van der Waals surface area contributed by atoms with Crippen LogP contribution in [0, 0.1) is 6.07 Å². The fourth-order valence-electron chi connectivity index (χ4n) is 1.95. The summed E-state index contributed by atoms with van der Waals surface area (Å²) in [6.07, 6.45) is 0. The quantitative estimate of drug-likeness (QED) is 0.554. The Morgan fingerprint density at radius 3 is 3.09 bits per heavy atom. The Bertz CT molecular complexity index is 802. The van der Waals surface area contributed by atoms with Crippen LogP contribution in [0.25, 0.3) is 10.2 Å². The minimum atomic E-state index is -0.200. The number of rotatable bonds is 6. The van der Waals surface area contributed by atoms with Gasteiger partial charge in [0.2, 0.25) is 0 Å². The van der Waals surface area contributed by atoms with Gasteiger partial charge in [-0.3, -0.25) is 10.1 Å². The third-order valence-corrected chi connectivity index (χ3v) is 4.00. The molecule has 0 saturated carbocycles. The van der Waals surface area contributed by atoms with Gasteiger partial charge in [-0.25, -0.2) is 4.98 Å². The predicted octanol–water partition coefficient (Wildman–Crippen LogP) is 3.72. The van der Waals surface area contributed by atoms with Crippen LogP contribution in [0.2, 0.25) is 0 Å². The molecule has 0 unspecified atom stereocenters. The van der Waals surface area contributed by atoms with Gasteiger partial charge in [-0.15, -0.1) is 0 Å². The summed E-state index contributed by atoms with van der Waals surface area (Å²) in [6.45, 7) is 2.74. The predicted molar refractivity (Wildman–Crippen MR) is 90.0 cm³/mol. The van der Waals surface area contributed by atoms with Crippen molar-refractivity contribution in [2.24, 2.45) is 0 Å². The minimum absolute atomic E-state index is 0.200. The van der Waals surface area contributed by atoms with Crippen molar-refractivity contribution in [2.45, 2.75) is 6.92 Å². The molecule has 117 valence electrons. The number of hydrogen-bond donors (Lipinski definition) is 1. The second-order valence-corrected chi connectivity index (χ2v) is 5.68. The van der Waals surface area contributed by atoms with Gasteiger partial charge in [-0.2, -0.15) is 0 Å². The first-order chi connectivity index (χ1) is 11.3. The second kappa shape index (κ2) is 7.21. The molecule has 1 amide bonds. The van der Waals surface area contributed by atoms with E-state index in [-0.39, 0.29) is 12.7 Å². The van der Waals surface area contributed by atoms with Crippen molar-refractivity contribution in [3.63, 3.8) is 0 Å². The standard InChI is InChI=1S/C17H15N2O3S/c1-2-21-11-22-13-8-9-14-15(10-13)23-17(18-14)19-16(20)12-6-4-3-5-7-12/h3-4,6-10H,2,11H2,1H3,(H,18,19,20). The molecule has 0 atom stereocenters. The molecule has 23 heavy (non-hydrogen) atoms. The maximum Gasteiger partial charge on any atom is 0.257 e. The molecule has 0 aliphatic rings. The molecule has 6 heteroatoms. The maximum absolute atomic E-state index is 12.1. The normalized spacial score (nSPS) is 10.7. The lowest BCUT2D eigenvalue weighted by molar-refractivity contribution is 0.0225. The number of fused-ring (bicyclic) bond motifs is 1. The molecular weight excluding hydrogens is 312 g/mol. The van der Waals surface area contributed by atoms with Gasteiger partial charge in [-0.05, 0) is 43.3 Å². The zero-order valence-electron chi connectivity index (χ0n) is 12.5. The Morgan fingerprint density at radius 1 is 1.39 bits per heavy atom. The number of carbonyl (C=O) groups is 1. The maximum atomic E-state index is 12.1. The van der Waals surface area contributed by atoms with Crippen LogP contribution >= 0.6 is 11.3 Å². The van der Waals surface area contributed by atoms with Crippen LogP contribution in [0.15, 0.2) is 42.5 Å². The number of nitrogens with one attached hydrogen (secondary N) is 1. The molecular formula is C17H15N2O3S. The molecule has 0 spiro atoms. The summed E-state index contributed by atoms with van der Waals surface area (Å²) in [4.78, 5) is 16.5. The zero-order valence-corrected chi connectivity index (χ0v) is 13.4. The van der Waals surface area contributed by atoms with Gasteiger partial charge in [0.1, 0.15) is 5.75 Å². The van der Waals surface area contributed by atoms with Crippen molar-refractivity contribution >= 4 is 32.6 Å². The molecule has 1 heterocycles. The number of anilines is 1. The number of ether oxygens (including phenoxy) is 2. The van der Waals surface area contributed by atoms with Crippen molar-refractivity contribution in [3.8, 4) is 5.75 Å². The number of benzene rings is 2. The zero-order chi connectivity index (χ0) is 16.1. The molecule has 0 aliphatic heterocycles. The summed E-state index contributed by atoms with van der Waals surface area (Å²) >= 11 is 1.40. The van der Waals surface area contributed by atoms with E-state index in [1.165, 1.54) is 11.3 Å². The Balaban J connectivity index is 1.73. The Kier molecular flexibility index (Phi) is 4.85. The first-order valence-corrected chi connectivity index (χ1v) is 7.96. The van der Waals surface area contributed by atoms with E-state index in [0.717, 1.165) is 10.2 Å². The lowest BCUT2D eigenvalue weighted by Crippen LogP contribution is -2.11. The summed E-state index contributed by atoms with van der Waals surface area (Å²) in [5.41, 5.74) is 1.36. The van der Waals surface area contributed by atoms with Crippen LogP contribution in [0.5, 0.6) is 5.75 Å². The molecule has 2 aromatic carbocycles. The SMILES string of the molecule is CCOCOc1ccc2nc(NC(=O)c3c[c]ccc3)sc2c1. The molecule has 1 N–H and O–H groups in total. The lowest BCUT2D eigenvalue weighted by atomic mass is 10.2. The van der Waals surface area contributed by atoms with E-state index >= 15 is 0 Å². The minimum Gasteiger partial charge on any atom is -0.468 e. The van der Waals surface area contributed by atoms with Crippen LogP contribution in [0.3, 0.4) is 0 Å². The van der Waals surface area contributed by atoms with Crippen LogP contribution in [0.4, 0.5) is 5.13 Å². The number of thiazole rings is 1. The summed E-state index contributed by atoms with van der Waals surface area (Å²) in [5, 5.41) is 3.35. The molecule has 3 rings (SSSR count). The van der Waals surface area contributed by atoms with Gasteiger partial charge < -0.3 is 9.47 Å².